The summed E-state index contributed by atoms with van der Waals surface area (Å²) in [5.74, 6) is -0.367. The van der Waals surface area contributed by atoms with Gasteiger partial charge in [-0.15, -0.1) is 0 Å². The van der Waals surface area contributed by atoms with Gasteiger partial charge in [0.15, 0.2) is 0 Å². The third-order valence-electron chi connectivity index (χ3n) is 3.24. The van der Waals surface area contributed by atoms with Crippen molar-refractivity contribution in [2.45, 2.75) is 24.9 Å². The van der Waals surface area contributed by atoms with Crippen molar-refractivity contribution in [3.63, 3.8) is 0 Å². The van der Waals surface area contributed by atoms with Gasteiger partial charge in [0, 0.05) is 12.1 Å². The van der Waals surface area contributed by atoms with E-state index < -0.39 is 0 Å². The van der Waals surface area contributed by atoms with E-state index >= 15 is 0 Å². The molecule has 1 aliphatic heterocycles. The fourth-order valence-electron chi connectivity index (χ4n) is 2.22. The molecule has 1 aliphatic rings. The molecule has 2 unspecified atom stereocenters. The molecule has 2 rings (SSSR count). The highest BCUT2D eigenvalue weighted by Gasteiger charge is 2.25. The second kappa shape index (κ2) is 4.70. The van der Waals surface area contributed by atoms with E-state index in [0.29, 0.717) is 0 Å². The first-order chi connectivity index (χ1) is 7.58. The molecule has 1 saturated heterocycles. The van der Waals surface area contributed by atoms with Gasteiger partial charge in [0.05, 0.1) is 5.02 Å². The van der Waals surface area contributed by atoms with Crippen LogP contribution in [0.2, 0.25) is 5.02 Å². The van der Waals surface area contributed by atoms with Crippen molar-refractivity contribution in [3.05, 3.63) is 34.6 Å². The van der Waals surface area contributed by atoms with Crippen molar-refractivity contribution < 1.29 is 4.39 Å². The highest BCUT2D eigenvalue weighted by Crippen LogP contribution is 2.31. The lowest BCUT2D eigenvalue weighted by atomic mass is 9.93. The largest absolute Gasteiger partial charge is 0.328 e. The van der Waals surface area contributed by atoms with Gasteiger partial charge in [-0.2, -0.15) is 0 Å². The Kier molecular flexibility index (Phi) is 3.47. The zero-order chi connectivity index (χ0) is 11.7. The predicted octanol–water partition coefficient (Wildman–Crippen LogP) is 2.57. The van der Waals surface area contributed by atoms with Gasteiger partial charge in [0.2, 0.25) is 0 Å². The van der Waals surface area contributed by atoms with Gasteiger partial charge < -0.3 is 5.73 Å². The molecule has 0 saturated carbocycles. The first-order valence-electron chi connectivity index (χ1n) is 5.48. The second-order valence-electron chi connectivity index (χ2n) is 4.45. The molecule has 2 atom stereocenters. The Morgan fingerprint density at radius 2 is 2.25 bits per heavy atom. The lowest BCUT2D eigenvalue weighted by Gasteiger charge is -2.36. The summed E-state index contributed by atoms with van der Waals surface area (Å²) in [6.07, 6.45) is 1.92. The van der Waals surface area contributed by atoms with Crippen LogP contribution in [0.5, 0.6) is 0 Å². The zero-order valence-electron chi connectivity index (χ0n) is 9.29. The van der Waals surface area contributed by atoms with Crippen LogP contribution in [0.3, 0.4) is 0 Å². The van der Waals surface area contributed by atoms with Crippen LogP contribution in [-0.4, -0.2) is 24.5 Å². The lowest BCUT2D eigenvalue weighted by Crippen LogP contribution is -2.39. The SMILES string of the molecule is CN1CCC(N)CC1c1ccc(F)c(Cl)c1. The number of nitrogens with zero attached hydrogens (tertiary/aromatic N) is 1. The Bertz CT molecular complexity index is 383. The fourth-order valence-corrected chi connectivity index (χ4v) is 2.41. The van der Waals surface area contributed by atoms with Gasteiger partial charge in [-0.05, 0) is 44.1 Å². The van der Waals surface area contributed by atoms with Crippen LogP contribution in [-0.2, 0) is 0 Å². The zero-order valence-corrected chi connectivity index (χ0v) is 10.0. The Morgan fingerprint density at radius 1 is 1.50 bits per heavy atom. The minimum absolute atomic E-state index is 0.185. The number of likely N-dealkylation sites (tertiary alicyclic amines) is 1. The first kappa shape index (κ1) is 11.8. The minimum Gasteiger partial charge on any atom is -0.328 e. The second-order valence-corrected chi connectivity index (χ2v) is 4.86. The van der Waals surface area contributed by atoms with Crippen molar-refractivity contribution in [2.24, 2.45) is 5.73 Å². The van der Waals surface area contributed by atoms with Crippen molar-refractivity contribution in [1.82, 2.24) is 4.90 Å². The standard InChI is InChI=1S/C12H16ClFN2/c1-16-5-4-9(15)7-12(16)8-2-3-11(14)10(13)6-8/h2-3,6,9,12H,4-5,7,15H2,1H3. The van der Waals surface area contributed by atoms with Crippen molar-refractivity contribution >= 4 is 11.6 Å². The van der Waals surface area contributed by atoms with Gasteiger partial charge in [0.1, 0.15) is 5.82 Å². The van der Waals surface area contributed by atoms with E-state index in [-0.39, 0.29) is 22.9 Å². The molecule has 0 radical (unpaired) electrons. The molecular weight excluding hydrogens is 227 g/mol. The van der Waals surface area contributed by atoms with Crippen LogP contribution in [0.15, 0.2) is 18.2 Å². The monoisotopic (exact) mass is 242 g/mol. The number of benzene rings is 1. The summed E-state index contributed by atoms with van der Waals surface area (Å²) in [6.45, 7) is 0.973. The number of piperidine rings is 1. The highest BCUT2D eigenvalue weighted by molar-refractivity contribution is 6.30. The number of halogens is 2. The van der Waals surface area contributed by atoms with Crippen LogP contribution < -0.4 is 5.73 Å². The van der Waals surface area contributed by atoms with E-state index in [1.165, 1.54) is 6.07 Å². The third-order valence-corrected chi connectivity index (χ3v) is 3.53. The summed E-state index contributed by atoms with van der Waals surface area (Å²) in [4.78, 5) is 2.24. The molecule has 0 spiro atoms. The molecule has 0 aliphatic carbocycles. The van der Waals surface area contributed by atoms with Crippen LogP contribution in [0.25, 0.3) is 0 Å². The van der Waals surface area contributed by atoms with Crippen molar-refractivity contribution in [3.8, 4) is 0 Å². The maximum atomic E-state index is 13.1. The van der Waals surface area contributed by atoms with Gasteiger partial charge in [-0.25, -0.2) is 4.39 Å². The van der Waals surface area contributed by atoms with E-state index in [1.54, 1.807) is 12.1 Å². The maximum Gasteiger partial charge on any atom is 0.141 e. The van der Waals surface area contributed by atoms with E-state index in [1.807, 2.05) is 0 Å². The number of hydrogen-bond acceptors (Lipinski definition) is 2. The molecule has 4 heteroatoms. The van der Waals surface area contributed by atoms with Crippen molar-refractivity contribution in [1.29, 1.82) is 0 Å². The summed E-state index contributed by atoms with van der Waals surface area (Å²) in [7, 11) is 2.06. The molecule has 16 heavy (non-hydrogen) atoms. The van der Waals surface area contributed by atoms with Gasteiger partial charge in [-0.3, -0.25) is 4.90 Å². The smallest absolute Gasteiger partial charge is 0.141 e. The van der Waals surface area contributed by atoms with Crippen LogP contribution in [0.1, 0.15) is 24.4 Å². The van der Waals surface area contributed by atoms with E-state index in [9.17, 15) is 4.39 Å². The Balaban J connectivity index is 2.24. The molecule has 1 fully saturated rings. The number of nitrogens with two attached hydrogens (primary N) is 1. The number of hydrogen-bond donors (Lipinski definition) is 1. The van der Waals surface area contributed by atoms with Gasteiger partial charge in [-0.1, -0.05) is 17.7 Å². The summed E-state index contributed by atoms with van der Waals surface area (Å²) in [5, 5.41) is 0.185. The summed E-state index contributed by atoms with van der Waals surface area (Å²) >= 11 is 5.79. The molecule has 1 aromatic rings. The van der Waals surface area contributed by atoms with Gasteiger partial charge >= 0.3 is 0 Å². The van der Waals surface area contributed by atoms with E-state index in [4.69, 9.17) is 17.3 Å². The van der Waals surface area contributed by atoms with E-state index in [2.05, 4.69) is 11.9 Å². The molecule has 0 aromatic heterocycles. The quantitative estimate of drug-likeness (QED) is 0.820. The highest BCUT2D eigenvalue weighted by atomic mass is 35.5. The molecule has 88 valence electrons. The Hall–Kier alpha value is -0.640. The summed E-state index contributed by atoms with van der Waals surface area (Å²) < 4.78 is 13.1. The summed E-state index contributed by atoms with van der Waals surface area (Å²) in [6, 6.07) is 5.40. The Labute approximate surface area is 100 Å². The fraction of sp³-hybridized carbons (Fsp3) is 0.500. The molecule has 1 heterocycles. The normalized spacial score (nSPS) is 27.0. The topological polar surface area (TPSA) is 29.3 Å². The minimum atomic E-state index is -0.367. The van der Waals surface area contributed by atoms with E-state index in [0.717, 1.165) is 24.9 Å². The molecule has 2 N–H and O–H groups in total. The first-order valence-corrected chi connectivity index (χ1v) is 5.86. The Morgan fingerprint density at radius 3 is 2.94 bits per heavy atom. The summed E-state index contributed by atoms with van der Waals surface area (Å²) in [5.41, 5.74) is 7.00. The molecule has 2 nitrogen and oxygen atoms in total. The lowest BCUT2D eigenvalue weighted by molar-refractivity contribution is 0.171. The van der Waals surface area contributed by atoms with Crippen molar-refractivity contribution in [2.75, 3.05) is 13.6 Å². The average Bonchev–Trinajstić information content (AvgIpc) is 2.26. The predicted molar refractivity (Wildman–Crippen MR) is 64.0 cm³/mol. The molecule has 0 amide bonds. The third kappa shape index (κ3) is 2.37. The van der Waals surface area contributed by atoms with Crippen LogP contribution >= 0.6 is 11.6 Å². The molecular formula is C12H16ClFN2. The van der Waals surface area contributed by atoms with Crippen LogP contribution in [0, 0.1) is 5.82 Å². The molecule has 1 aromatic carbocycles. The number of rotatable bonds is 1. The molecule has 0 bridgehead atoms. The average molecular weight is 243 g/mol. The maximum absolute atomic E-state index is 13.1. The van der Waals surface area contributed by atoms with Gasteiger partial charge in [0.25, 0.3) is 0 Å². The van der Waals surface area contributed by atoms with Crippen LogP contribution in [0.4, 0.5) is 4.39 Å².